The van der Waals surface area contributed by atoms with Gasteiger partial charge in [0.25, 0.3) is 5.91 Å². The highest BCUT2D eigenvalue weighted by molar-refractivity contribution is 6.33. The lowest BCUT2D eigenvalue weighted by Crippen LogP contribution is -2.23. The molecule has 0 radical (unpaired) electrons. The Morgan fingerprint density at radius 2 is 2.13 bits per heavy atom. The number of benzene rings is 1. The van der Waals surface area contributed by atoms with Gasteiger partial charge in [-0.15, -0.1) is 0 Å². The van der Waals surface area contributed by atoms with Crippen LogP contribution in [0.15, 0.2) is 34.9 Å². The third-order valence-electron chi connectivity index (χ3n) is 3.78. The summed E-state index contributed by atoms with van der Waals surface area (Å²) in [4.78, 5) is 19.5. The number of fused-ring (bicyclic) bond motifs is 1. The van der Waals surface area contributed by atoms with Gasteiger partial charge in [-0.25, -0.2) is 4.98 Å². The number of hydrogen-bond donors (Lipinski definition) is 2. The standard InChI is InChI=1S/C16H13ClN4O2/c17-10-5-2-1-4-9(10)13-8-12(21-23-13)15-19-11-6-3-7-18-16(22)14(11)20-15/h1-2,4-5,8H,3,6-7H2,(H,18,22)(H,19,20). The van der Waals surface area contributed by atoms with Gasteiger partial charge in [0.1, 0.15) is 11.4 Å². The molecule has 3 aromatic rings. The number of aryl methyl sites for hydroxylation is 1. The van der Waals surface area contributed by atoms with E-state index in [1.54, 1.807) is 12.1 Å². The van der Waals surface area contributed by atoms with Crippen LogP contribution in [0.5, 0.6) is 0 Å². The van der Waals surface area contributed by atoms with Gasteiger partial charge >= 0.3 is 0 Å². The zero-order valence-electron chi connectivity index (χ0n) is 12.1. The minimum absolute atomic E-state index is 0.158. The average Bonchev–Trinajstić information content (AvgIpc) is 3.15. The highest BCUT2D eigenvalue weighted by Crippen LogP contribution is 2.30. The number of nitrogens with one attached hydrogen (secondary N) is 2. The first-order valence-corrected chi connectivity index (χ1v) is 7.69. The molecular formula is C16H13ClN4O2. The van der Waals surface area contributed by atoms with Crippen molar-refractivity contribution in [3.63, 3.8) is 0 Å². The third-order valence-corrected chi connectivity index (χ3v) is 4.10. The van der Waals surface area contributed by atoms with Gasteiger partial charge in [-0.05, 0) is 25.0 Å². The molecule has 23 heavy (non-hydrogen) atoms. The molecule has 2 aromatic heterocycles. The number of hydrogen-bond acceptors (Lipinski definition) is 4. The predicted molar refractivity (Wildman–Crippen MR) is 85.2 cm³/mol. The number of rotatable bonds is 2. The molecule has 0 bridgehead atoms. The Balaban J connectivity index is 1.72. The first-order chi connectivity index (χ1) is 11.2. The third kappa shape index (κ3) is 2.51. The van der Waals surface area contributed by atoms with Gasteiger partial charge in [-0.1, -0.05) is 28.9 Å². The van der Waals surface area contributed by atoms with Crippen molar-refractivity contribution in [3.8, 4) is 22.8 Å². The molecule has 6 nitrogen and oxygen atoms in total. The molecular weight excluding hydrogens is 316 g/mol. The van der Waals surface area contributed by atoms with Crippen LogP contribution in [-0.2, 0) is 6.42 Å². The number of H-pyrrole nitrogens is 1. The Labute approximate surface area is 136 Å². The predicted octanol–water partition coefficient (Wildman–Crippen LogP) is 3.06. The molecule has 7 heteroatoms. The normalized spacial score (nSPS) is 14.2. The molecule has 0 atom stereocenters. The lowest BCUT2D eigenvalue weighted by Gasteiger charge is -1.97. The molecule has 2 N–H and O–H groups in total. The smallest absolute Gasteiger partial charge is 0.271 e. The molecule has 0 saturated heterocycles. The van der Waals surface area contributed by atoms with E-state index in [4.69, 9.17) is 16.1 Å². The van der Waals surface area contributed by atoms with Gasteiger partial charge in [0.15, 0.2) is 11.6 Å². The Morgan fingerprint density at radius 1 is 1.26 bits per heavy atom. The van der Waals surface area contributed by atoms with Crippen LogP contribution in [0.1, 0.15) is 22.6 Å². The molecule has 0 unspecified atom stereocenters. The minimum atomic E-state index is -0.158. The van der Waals surface area contributed by atoms with E-state index in [2.05, 4.69) is 20.4 Å². The highest BCUT2D eigenvalue weighted by Gasteiger charge is 2.22. The Hall–Kier alpha value is -2.60. The SMILES string of the molecule is O=C1NCCCc2[nH]c(-c3cc(-c4ccccc4Cl)on3)nc21. The summed E-state index contributed by atoms with van der Waals surface area (Å²) in [6.45, 7) is 0.666. The number of carbonyl (C=O) groups excluding carboxylic acids is 1. The molecule has 1 aliphatic rings. The number of aromatic amines is 1. The van der Waals surface area contributed by atoms with E-state index >= 15 is 0 Å². The maximum Gasteiger partial charge on any atom is 0.271 e. The summed E-state index contributed by atoms with van der Waals surface area (Å²) >= 11 is 6.17. The van der Waals surface area contributed by atoms with E-state index in [0.29, 0.717) is 34.5 Å². The average molecular weight is 329 g/mol. The number of amides is 1. The maximum absolute atomic E-state index is 12.0. The summed E-state index contributed by atoms with van der Waals surface area (Å²) in [5.41, 5.74) is 2.57. The fourth-order valence-corrected chi connectivity index (χ4v) is 2.85. The summed E-state index contributed by atoms with van der Waals surface area (Å²) < 4.78 is 5.37. The van der Waals surface area contributed by atoms with E-state index in [0.717, 1.165) is 24.1 Å². The van der Waals surface area contributed by atoms with Gasteiger partial charge < -0.3 is 14.8 Å². The van der Waals surface area contributed by atoms with Crippen molar-refractivity contribution < 1.29 is 9.32 Å². The van der Waals surface area contributed by atoms with Crippen molar-refractivity contribution in [2.24, 2.45) is 0 Å². The van der Waals surface area contributed by atoms with E-state index in [-0.39, 0.29) is 5.91 Å². The van der Waals surface area contributed by atoms with E-state index < -0.39 is 0 Å². The van der Waals surface area contributed by atoms with Crippen LogP contribution in [-0.4, -0.2) is 27.6 Å². The van der Waals surface area contributed by atoms with Crippen LogP contribution in [0.2, 0.25) is 5.02 Å². The molecule has 0 spiro atoms. The molecule has 1 amide bonds. The van der Waals surface area contributed by atoms with Gasteiger partial charge in [-0.3, -0.25) is 4.79 Å². The molecule has 116 valence electrons. The number of aromatic nitrogens is 3. The van der Waals surface area contributed by atoms with Crippen LogP contribution in [0.25, 0.3) is 22.8 Å². The largest absolute Gasteiger partial charge is 0.355 e. The topological polar surface area (TPSA) is 83.8 Å². The molecule has 0 fully saturated rings. The van der Waals surface area contributed by atoms with Crippen molar-refractivity contribution in [1.82, 2.24) is 20.4 Å². The molecule has 1 aromatic carbocycles. The summed E-state index contributed by atoms with van der Waals surface area (Å²) in [6.07, 6.45) is 1.65. The summed E-state index contributed by atoms with van der Waals surface area (Å²) in [6, 6.07) is 9.14. The van der Waals surface area contributed by atoms with E-state index in [1.165, 1.54) is 0 Å². The number of imidazole rings is 1. The number of halogens is 1. The van der Waals surface area contributed by atoms with Crippen LogP contribution in [0, 0.1) is 0 Å². The van der Waals surface area contributed by atoms with Crippen LogP contribution < -0.4 is 5.32 Å². The summed E-state index contributed by atoms with van der Waals surface area (Å²) in [7, 11) is 0. The van der Waals surface area contributed by atoms with Gasteiger partial charge in [0, 0.05) is 23.9 Å². The lowest BCUT2D eigenvalue weighted by molar-refractivity contribution is 0.0951. The maximum atomic E-state index is 12.0. The second-order valence-corrected chi connectivity index (χ2v) is 5.74. The Bertz CT molecular complexity index is 884. The van der Waals surface area contributed by atoms with Crippen LogP contribution >= 0.6 is 11.6 Å². The quantitative estimate of drug-likeness (QED) is 0.757. The summed E-state index contributed by atoms with van der Waals surface area (Å²) in [5, 5.41) is 7.45. The fraction of sp³-hybridized carbons (Fsp3) is 0.188. The molecule has 1 aliphatic heterocycles. The van der Waals surface area contributed by atoms with E-state index in [9.17, 15) is 4.79 Å². The molecule has 4 rings (SSSR count). The zero-order valence-corrected chi connectivity index (χ0v) is 12.9. The zero-order chi connectivity index (χ0) is 15.8. The van der Waals surface area contributed by atoms with Gasteiger partial charge in [-0.2, -0.15) is 0 Å². The molecule has 0 aliphatic carbocycles. The molecule has 0 saturated carbocycles. The fourth-order valence-electron chi connectivity index (χ4n) is 2.62. The first-order valence-electron chi connectivity index (χ1n) is 7.31. The first kappa shape index (κ1) is 14.0. The lowest BCUT2D eigenvalue weighted by atomic mass is 10.1. The van der Waals surface area contributed by atoms with Crippen molar-refractivity contribution in [1.29, 1.82) is 0 Å². The van der Waals surface area contributed by atoms with E-state index in [1.807, 2.05) is 18.2 Å². The Kier molecular flexibility index (Phi) is 3.38. The minimum Gasteiger partial charge on any atom is -0.355 e. The summed E-state index contributed by atoms with van der Waals surface area (Å²) in [5.74, 6) is 0.922. The van der Waals surface area contributed by atoms with Crippen molar-refractivity contribution >= 4 is 17.5 Å². The van der Waals surface area contributed by atoms with Gasteiger partial charge in [0.05, 0.1) is 5.02 Å². The van der Waals surface area contributed by atoms with Gasteiger partial charge in [0.2, 0.25) is 0 Å². The van der Waals surface area contributed by atoms with Crippen molar-refractivity contribution in [2.45, 2.75) is 12.8 Å². The monoisotopic (exact) mass is 328 g/mol. The number of carbonyl (C=O) groups is 1. The Morgan fingerprint density at radius 3 is 3.00 bits per heavy atom. The van der Waals surface area contributed by atoms with Crippen LogP contribution in [0.3, 0.4) is 0 Å². The second-order valence-electron chi connectivity index (χ2n) is 5.33. The van der Waals surface area contributed by atoms with Crippen molar-refractivity contribution in [3.05, 3.63) is 46.7 Å². The number of nitrogens with zero attached hydrogens (tertiary/aromatic N) is 2. The highest BCUT2D eigenvalue weighted by atomic mass is 35.5. The second kappa shape index (κ2) is 5.55. The van der Waals surface area contributed by atoms with Crippen LogP contribution in [0.4, 0.5) is 0 Å². The molecule has 3 heterocycles. The van der Waals surface area contributed by atoms with Crippen molar-refractivity contribution in [2.75, 3.05) is 6.54 Å².